The van der Waals surface area contributed by atoms with Crippen molar-refractivity contribution in [3.8, 4) is 22.8 Å². The van der Waals surface area contributed by atoms with Crippen molar-refractivity contribution in [2.75, 3.05) is 24.6 Å². The van der Waals surface area contributed by atoms with E-state index < -0.39 is 29.7 Å². The Labute approximate surface area is 314 Å². The number of nitrogens with two attached hydrogens (primary N) is 1. The fourth-order valence-corrected chi connectivity index (χ4v) is 8.33. The standard InChI is InChI=1S/C39H36N8O6S/c40-35-33-34(23-13-15-26(16-14-23)53-25-8-2-1-3-9-25)44-47(36(33)42-22-41-35)24-7-5-19-45(21-24)31(49)12-6-20-54-29-11-4-10-27-32(29)39(52)46(38(27)51)28-17-18-30(48)43-37(28)50/h1-4,8-11,13-16,22,24,28H,5-7,12,17-21H2,(H2,40,41,42)(H,43,48,50)/t24-,28?/m1/s1. The predicted octanol–water partition coefficient (Wildman–Crippen LogP) is 5.01. The number of thioether (sulfide) groups is 1. The zero-order valence-corrected chi connectivity index (χ0v) is 30.0. The maximum atomic E-state index is 13.5. The smallest absolute Gasteiger partial charge is 0.263 e. The number of nitrogens with zero attached hydrogens (tertiary/aromatic N) is 6. The number of imide groups is 2. The normalized spacial score (nSPS) is 18.6. The molecule has 15 heteroatoms. The van der Waals surface area contributed by atoms with Crippen molar-refractivity contribution in [2.24, 2.45) is 0 Å². The third kappa shape index (κ3) is 6.66. The number of piperidine rings is 2. The SMILES string of the molecule is Nc1ncnc2c1c(-c1ccc(Oc3ccccc3)cc1)nn2[C@@H]1CCCN(C(=O)CCCSc2cccc3c2C(=O)N(C2CCC(=O)NC2=O)C3=O)C1. The molecule has 2 saturated heterocycles. The molecule has 8 rings (SSSR count). The van der Waals surface area contributed by atoms with Crippen molar-refractivity contribution in [1.82, 2.24) is 34.9 Å². The van der Waals surface area contributed by atoms with Crippen LogP contribution in [0, 0.1) is 0 Å². The molecule has 5 aromatic rings. The first-order chi connectivity index (χ1) is 26.3. The van der Waals surface area contributed by atoms with Gasteiger partial charge in [0.15, 0.2) is 5.65 Å². The topological polar surface area (TPSA) is 183 Å². The van der Waals surface area contributed by atoms with E-state index >= 15 is 0 Å². The van der Waals surface area contributed by atoms with Crippen molar-refractivity contribution >= 4 is 58.1 Å². The minimum atomic E-state index is -1.03. The summed E-state index contributed by atoms with van der Waals surface area (Å²) >= 11 is 1.40. The van der Waals surface area contributed by atoms with E-state index in [9.17, 15) is 24.0 Å². The highest BCUT2D eigenvalue weighted by Crippen LogP contribution is 2.37. The van der Waals surface area contributed by atoms with E-state index in [-0.39, 0.29) is 35.9 Å². The number of hydrogen-bond acceptors (Lipinski definition) is 11. The summed E-state index contributed by atoms with van der Waals surface area (Å²) in [7, 11) is 0. The maximum Gasteiger partial charge on any atom is 0.263 e. The summed E-state index contributed by atoms with van der Waals surface area (Å²) in [6.45, 7) is 1.10. The Bertz CT molecular complexity index is 2300. The molecule has 0 spiro atoms. The Kier molecular flexibility index (Phi) is 9.54. The molecule has 0 radical (unpaired) electrons. The van der Waals surface area contributed by atoms with Crippen LogP contribution in [0.15, 0.2) is 84.0 Å². The van der Waals surface area contributed by atoms with Crippen LogP contribution in [0.25, 0.3) is 22.3 Å². The number of carbonyl (C=O) groups excluding carboxylic acids is 5. The Morgan fingerprint density at radius 3 is 2.52 bits per heavy atom. The van der Waals surface area contributed by atoms with Gasteiger partial charge in [-0.05, 0) is 80.0 Å². The number of ether oxygens (including phenoxy) is 1. The molecule has 1 unspecified atom stereocenters. The molecule has 5 amide bonds. The molecule has 3 N–H and O–H groups in total. The number of fused-ring (bicyclic) bond motifs is 2. The zero-order chi connectivity index (χ0) is 37.3. The van der Waals surface area contributed by atoms with Crippen LogP contribution < -0.4 is 15.8 Å². The monoisotopic (exact) mass is 744 g/mol. The van der Waals surface area contributed by atoms with Crippen molar-refractivity contribution in [2.45, 2.75) is 55.5 Å². The largest absolute Gasteiger partial charge is 0.457 e. The van der Waals surface area contributed by atoms with E-state index in [0.717, 1.165) is 29.1 Å². The van der Waals surface area contributed by atoms with E-state index in [0.29, 0.717) is 64.9 Å². The number of likely N-dealkylation sites (tertiary alicyclic amines) is 1. The highest BCUT2D eigenvalue weighted by molar-refractivity contribution is 7.99. The number of nitrogen functional groups attached to an aromatic ring is 1. The summed E-state index contributed by atoms with van der Waals surface area (Å²) in [6, 6.07) is 21.1. The summed E-state index contributed by atoms with van der Waals surface area (Å²) in [4.78, 5) is 76.5. The molecule has 2 aromatic heterocycles. The second kappa shape index (κ2) is 14.7. The Hall–Kier alpha value is -6.09. The summed E-state index contributed by atoms with van der Waals surface area (Å²) in [5.74, 6) is 0.157. The molecule has 14 nitrogen and oxygen atoms in total. The van der Waals surface area contributed by atoms with Gasteiger partial charge in [0.1, 0.15) is 35.4 Å². The number of hydrogen-bond donors (Lipinski definition) is 2. The van der Waals surface area contributed by atoms with Gasteiger partial charge < -0.3 is 15.4 Å². The van der Waals surface area contributed by atoms with Gasteiger partial charge in [-0.25, -0.2) is 14.6 Å². The first-order valence-electron chi connectivity index (χ1n) is 17.8. The molecule has 0 bridgehead atoms. The average molecular weight is 745 g/mol. The van der Waals surface area contributed by atoms with Crippen LogP contribution in [0.2, 0.25) is 0 Å². The zero-order valence-electron chi connectivity index (χ0n) is 29.1. The molecular formula is C39H36N8O6S. The van der Waals surface area contributed by atoms with Gasteiger partial charge in [-0.3, -0.25) is 34.2 Å². The van der Waals surface area contributed by atoms with Crippen LogP contribution in [0.1, 0.15) is 65.3 Å². The van der Waals surface area contributed by atoms with Gasteiger partial charge in [-0.15, -0.1) is 11.8 Å². The lowest BCUT2D eigenvalue weighted by molar-refractivity contribution is -0.136. The van der Waals surface area contributed by atoms with Crippen LogP contribution in [0.5, 0.6) is 11.5 Å². The minimum absolute atomic E-state index is 0.0220. The lowest BCUT2D eigenvalue weighted by Gasteiger charge is -2.33. The molecule has 3 aromatic carbocycles. The Morgan fingerprint density at radius 2 is 1.72 bits per heavy atom. The first kappa shape index (κ1) is 35.0. The van der Waals surface area contributed by atoms with Crippen molar-refractivity contribution in [3.05, 3.63) is 90.3 Å². The van der Waals surface area contributed by atoms with Crippen LogP contribution in [0.4, 0.5) is 5.82 Å². The van der Waals surface area contributed by atoms with Gasteiger partial charge in [0.2, 0.25) is 17.7 Å². The van der Waals surface area contributed by atoms with E-state index in [1.54, 1.807) is 18.2 Å². The maximum absolute atomic E-state index is 13.5. The van der Waals surface area contributed by atoms with Gasteiger partial charge in [0.25, 0.3) is 11.8 Å². The van der Waals surface area contributed by atoms with Gasteiger partial charge in [-0.2, -0.15) is 5.10 Å². The summed E-state index contributed by atoms with van der Waals surface area (Å²) in [5.41, 5.74) is 8.98. The summed E-state index contributed by atoms with van der Waals surface area (Å²) in [5, 5.41) is 7.88. The molecule has 0 saturated carbocycles. The number of anilines is 1. The fourth-order valence-electron chi connectivity index (χ4n) is 7.31. The molecule has 2 atom stereocenters. The highest BCUT2D eigenvalue weighted by atomic mass is 32.2. The summed E-state index contributed by atoms with van der Waals surface area (Å²) in [6.07, 6.45) is 4.04. The third-order valence-corrected chi connectivity index (χ3v) is 11.1. The quantitative estimate of drug-likeness (QED) is 0.111. The third-order valence-electron chi connectivity index (χ3n) is 9.94. The Morgan fingerprint density at radius 1 is 0.926 bits per heavy atom. The highest BCUT2D eigenvalue weighted by Gasteiger charge is 2.45. The van der Waals surface area contributed by atoms with Crippen LogP contribution in [-0.4, -0.2) is 84.0 Å². The van der Waals surface area contributed by atoms with Crippen molar-refractivity contribution in [1.29, 1.82) is 0 Å². The van der Waals surface area contributed by atoms with Gasteiger partial charge in [0.05, 0.1) is 22.6 Å². The molecule has 5 heterocycles. The summed E-state index contributed by atoms with van der Waals surface area (Å²) < 4.78 is 7.84. The number of nitrogens with one attached hydrogen (secondary N) is 1. The first-order valence-corrected chi connectivity index (χ1v) is 18.8. The second-order valence-electron chi connectivity index (χ2n) is 13.4. The van der Waals surface area contributed by atoms with Crippen molar-refractivity contribution < 1.29 is 28.7 Å². The number of rotatable bonds is 10. The number of para-hydroxylation sites is 1. The second-order valence-corrected chi connectivity index (χ2v) is 14.5. The van der Waals surface area contributed by atoms with Crippen LogP contribution in [0.3, 0.4) is 0 Å². The van der Waals surface area contributed by atoms with E-state index in [1.165, 1.54) is 18.1 Å². The molecule has 3 aliphatic rings. The van der Waals surface area contributed by atoms with E-state index in [2.05, 4.69) is 15.3 Å². The molecule has 54 heavy (non-hydrogen) atoms. The molecule has 0 aliphatic carbocycles. The Balaban J connectivity index is 0.913. The number of amides is 5. The minimum Gasteiger partial charge on any atom is -0.457 e. The number of carbonyl (C=O) groups is 5. The van der Waals surface area contributed by atoms with Gasteiger partial charge in [0, 0.05) is 36.4 Å². The van der Waals surface area contributed by atoms with E-state index in [1.807, 2.05) is 64.2 Å². The lowest BCUT2D eigenvalue weighted by Crippen LogP contribution is -2.54. The van der Waals surface area contributed by atoms with Gasteiger partial charge in [-0.1, -0.05) is 24.3 Å². The predicted molar refractivity (Wildman–Crippen MR) is 200 cm³/mol. The number of benzene rings is 3. The van der Waals surface area contributed by atoms with E-state index in [4.69, 9.17) is 15.6 Å². The number of aromatic nitrogens is 4. The molecule has 274 valence electrons. The van der Waals surface area contributed by atoms with Crippen molar-refractivity contribution in [3.63, 3.8) is 0 Å². The molecule has 3 aliphatic heterocycles. The fraction of sp³-hybridized carbons (Fsp3) is 0.282. The molecule has 2 fully saturated rings. The average Bonchev–Trinajstić information content (AvgIpc) is 3.70. The van der Waals surface area contributed by atoms with Gasteiger partial charge >= 0.3 is 0 Å². The lowest BCUT2D eigenvalue weighted by atomic mass is 10.0. The van der Waals surface area contributed by atoms with Crippen LogP contribution in [-0.2, 0) is 14.4 Å². The van der Waals surface area contributed by atoms with Crippen LogP contribution >= 0.6 is 11.8 Å². The molecular weight excluding hydrogens is 709 g/mol.